The first-order valence-electron chi connectivity index (χ1n) is 9.69. The number of rotatable bonds is 6. The van der Waals surface area contributed by atoms with Crippen LogP contribution in [0.1, 0.15) is 29.3 Å². The van der Waals surface area contributed by atoms with E-state index in [1.54, 1.807) is 12.4 Å². The Morgan fingerprint density at radius 2 is 1.86 bits per heavy atom. The van der Waals surface area contributed by atoms with Crippen LogP contribution in [0.3, 0.4) is 0 Å². The summed E-state index contributed by atoms with van der Waals surface area (Å²) in [5.74, 6) is 2.16. The van der Waals surface area contributed by atoms with E-state index in [0.717, 1.165) is 44.1 Å². The number of piperazine rings is 1. The van der Waals surface area contributed by atoms with Crippen LogP contribution in [-0.4, -0.2) is 65.2 Å². The maximum atomic E-state index is 12.7. The van der Waals surface area contributed by atoms with Crippen molar-refractivity contribution >= 4 is 11.9 Å². The van der Waals surface area contributed by atoms with Crippen LogP contribution in [0.4, 0.5) is 5.95 Å². The van der Waals surface area contributed by atoms with Gasteiger partial charge < -0.3 is 19.7 Å². The van der Waals surface area contributed by atoms with E-state index in [9.17, 15) is 4.79 Å². The summed E-state index contributed by atoms with van der Waals surface area (Å²) in [7, 11) is 0. The van der Waals surface area contributed by atoms with Crippen LogP contribution in [0.2, 0.25) is 0 Å². The molecule has 0 radical (unpaired) electrons. The molecule has 2 aromatic rings. The zero-order valence-electron chi connectivity index (χ0n) is 16.1. The Hall–Kier alpha value is -2.87. The van der Waals surface area contributed by atoms with E-state index in [1.165, 1.54) is 5.56 Å². The summed E-state index contributed by atoms with van der Waals surface area (Å²) in [6.07, 6.45) is 4.21. The zero-order chi connectivity index (χ0) is 19.3. The molecule has 8 nitrogen and oxygen atoms in total. The standard InChI is InChI=1S/C20H25N5O3/c1-2-5-21-20-22-11-16(12-23-20)19(26)25-8-6-24(7-9-25)13-15-3-4-17-18(10-15)28-14-27-17/h3-4,10-12H,2,5-9,13-14H2,1H3,(H,21,22,23). The first-order valence-corrected chi connectivity index (χ1v) is 9.69. The fraction of sp³-hybridized carbons (Fsp3) is 0.450. The Balaban J connectivity index is 1.29. The highest BCUT2D eigenvalue weighted by molar-refractivity contribution is 5.93. The van der Waals surface area contributed by atoms with Crippen LogP contribution in [0.25, 0.3) is 0 Å². The van der Waals surface area contributed by atoms with E-state index < -0.39 is 0 Å². The highest BCUT2D eigenvalue weighted by atomic mass is 16.7. The third kappa shape index (κ3) is 4.17. The molecular weight excluding hydrogens is 358 g/mol. The number of aromatic nitrogens is 2. The number of amides is 1. The SMILES string of the molecule is CCCNc1ncc(C(=O)N2CCN(Cc3ccc4c(c3)OCO4)CC2)cn1. The predicted molar refractivity (Wildman–Crippen MR) is 105 cm³/mol. The Labute approximate surface area is 164 Å². The third-order valence-corrected chi connectivity index (χ3v) is 4.93. The van der Waals surface area contributed by atoms with Crippen molar-refractivity contribution in [1.82, 2.24) is 19.8 Å². The molecule has 0 aliphatic carbocycles. The van der Waals surface area contributed by atoms with Crippen molar-refractivity contribution in [2.75, 3.05) is 44.8 Å². The molecule has 4 rings (SSSR count). The molecule has 3 heterocycles. The lowest BCUT2D eigenvalue weighted by Crippen LogP contribution is -2.48. The van der Waals surface area contributed by atoms with Gasteiger partial charge in [-0.15, -0.1) is 0 Å². The molecule has 1 aromatic carbocycles. The lowest BCUT2D eigenvalue weighted by atomic mass is 10.1. The lowest BCUT2D eigenvalue weighted by molar-refractivity contribution is 0.0627. The summed E-state index contributed by atoms with van der Waals surface area (Å²) in [5.41, 5.74) is 1.72. The normalized spacial score (nSPS) is 16.2. The highest BCUT2D eigenvalue weighted by Gasteiger charge is 2.23. The average molecular weight is 383 g/mol. The van der Waals surface area contributed by atoms with Crippen molar-refractivity contribution in [1.29, 1.82) is 0 Å². The molecular formula is C20H25N5O3. The molecule has 1 aromatic heterocycles. The fourth-order valence-electron chi connectivity index (χ4n) is 3.36. The van der Waals surface area contributed by atoms with Crippen LogP contribution in [0, 0.1) is 0 Å². The molecule has 1 fully saturated rings. The molecule has 0 spiro atoms. The van der Waals surface area contributed by atoms with Gasteiger partial charge in [0, 0.05) is 51.7 Å². The Bertz CT molecular complexity index is 819. The summed E-state index contributed by atoms with van der Waals surface area (Å²) in [4.78, 5) is 25.4. The second-order valence-electron chi connectivity index (χ2n) is 6.98. The van der Waals surface area contributed by atoms with Crippen molar-refractivity contribution in [3.8, 4) is 11.5 Å². The Morgan fingerprint density at radius 3 is 2.61 bits per heavy atom. The molecule has 1 saturated heterocycles. The van der Waals surface area contributed by atoms with Crippen molar-refractivity contribution in [3.05, 3.63) is 41.7 Å². The van der Waals surface area contributed by atoms with Gasteiger partial charge in [0.25, 0.3) is 5.91 Å². The van der Waals surface area contributed by atoms with E-state index in [0.29, 0.717) is 31.4 Å². The number of carbonyl (C=O) groups is 1. The Morgan fingerprint density at radius 1 is 1.11 bits per heavy atom. The molecule has 148 valence electrons. The second-order valence-corrected chi connectivity index (χ2v) is 6.98. The van der Waals surface area contributed by atoms with Crippen LogP contribution in [0.15, 0.2) is 30.6 Å². The summed E-state index contributed by atoms with van der Waals surface area (Å²) in [5, 5.41) is 3.11. The molecule has 1 amide bonds. The van der Waals surface area contributed by atoms with Crippen molar-refractivity contribution in [2.45, 2.75) is 19.9 Å². The number of nitrogens with one attached hydrogen (secondary N) is 1. The highest BCUT2D eigenvalue weighted by Crippen LogP contribution is 2.32. The number of benzene rings is 1. The van der Waals surface area contributed by atoms with Gasteiger partial charge in [0.15, 0.2) is 11.5 Å². The van der Waals surface area contributed by atoms with E-state index in [2.05, 4.69) is 33.2 Å². The van der Waals surface area contributed by atoms with Crippen LogP contribution in [0.5, 0.6) is 11.5 Å². The molecule has 2 aliphatic rings. The topological polar surface area (TPSA) is 79.8 Å². The monoisotopic (exact) mass is 383 g/mol. The summed E-state index contributed by atoms with van der Waals surface area (Å²) < 4.78 is 10.8. The fourth-order valence-corrected chi connectivity index (χ4v) is 3.36. The predicted octanol–water partition coefficient (Wildman–Crippen LogP) is 1.99. The summed E-state index contributed by atoms with van der Waals surface area (Å²) >= 11 is 0. The van der Waals surface area contributed by atoms with E-state index in [-0.39, 0.29) is 5.91 Å². The van der Waals surface area contributed by atoms with Crippen LogP contribution >= 0.6 is 0 Å². The molecule has 28 heavy (non-hydrogen) atoms. The second kappa shape index (κ2) is 8.43. The van der Waals surface area contributed by atoms with Crippen molar-refractivity contribution in [3.63, 3.8) is 0 Å². The van der Waals surface area contributed by atoms with Gasteiger partial charge in [-0.1, -0.05) is 13.0 Å². The first-order chi connectivity index (χ1) is 13.7. The number of ether oxygens (including phenoxy) is 2. The molecule has 0 bridgehead atoms. The smallest absolute Gasteiger partial charge is 0.257 e. The maximum absolute atomic E-state index is 12.7. The minimum absolute atomic E-state index is 0.00947. The number of carbonyl (C=O) groups excluding carboxylic acids is 1. The largest absolute Gasteiger partial charge is 0.454 e. The number of hydrogen-bond acceptors (Lipinski definition) is 7. The minimum Gasteiger partial charge on any atom is -0.454 e. The van der Waals surface area contributed by atoms with Gasteiger partial charge in [-0.25, -0.2) is 9.97 Å². The number of nitrogens with zero attached hydrogens (tertiary/aromatic N) is 4. The first kappa shape index (κ1) is 18.5. The Kier molecular flexibility index (Phi) is 5.57. The van der Waals surface area contributed by atoms with E-state index >= 15 is 0 Å². The van der Waals surface area contributed by atoms with Gasteiger partial charge in [0.2, 0.25) is 12.7 Å². The molecule has 8 heteroatoms. The van der Waals surface area contributed by atoms with Crippen molar-refractivity contribution < 1.29 is 14.3 Å². The van der Waals surface area contributed by atoms with Gasteiger partial charge in [-0.3, -0.25) is 9.69 Å². The summed E-state index contributed by atoms with van der Waals surface area (Å²) in [6.45, 7) is 7.07. The zero-order valence-corrected chi connectivity index (χ0v) is 16.1. The van der Waals surface area contributed by atoms with Gasteiger partial charge in [0.1, 0.15) is 0 Å². The molecule has 0 saturated carbocycles. The molecule has 1 N–H and O–H groups in total. The number of hydrogen-bond donors (Lipinski definition) is 1. The number of fused-ring (bicyclic) bond motifs is 1. The molecule has 0 unspecified atom stereocenters. The summed E-state index contributed by atoms with van der Waals surface area (Å²) in [6, 6.07) is 6.05. The third-order valence-electron chi connectivity index (χ3n) is 4.93. The van der Waals surface area contributed by atoms with E-state index in [4.69, 9.17) is 9.47 Å². The average Bonchev–Trinajstić information content (AvgIpc) is 3.20. The van der Waals surface area contributed by atoms with Gasteiger partial charge in [-0.05, 0) is 24.1 Å². The quantitative estimate of drug-likeness (QED) is 0.817. The van der Waals surface area contributed by atoms with Gasteiger partial charge >= 0.3 is 0 Å². The molecule has 0 atom stereocenters. The van der Waals surface area contributed by atoms with Crippen LogP contribution < -0.4 is 14.8 Å². The van der Waals surface area contributed by atoms with E-state index in [1.807, 2.05) is 17.0 Å². The van der Waals surface area contributed by atoms with Gasteiger partial charge in [-0.2, -0.15) is 0 Å². The van der Waals surface area contributed by atoms with Crippen LogP contribution in [-0.2, 0) is 6.54 Å². The maximum Gasteiger partial charge on any atom is 0.257 e. The van der Waals surface area contributed by atoms with Crippen molar-refractivity contribution in [2.24, 2.45) is 0 Å². The minimum atomic E-state index is -0.00947. The molecule has 2 aliphatic heterocycles. The number of anilines is 1. The lowest BCUT2D eigenvalue weighted by Gasteiger charge is -2.34. The van der Waals surface area contributed by atoms with Gasteiger partial charge in [0.05, 0.1) is 5.56 Å².